The van der Waals surface area contributed by atoms with Gasteiger partial charge in [-0.3, -0.25) is 39.1 Å². The highest BCUT2D eigenvalue weighted by molar-refractivity contribution is 6.23. The molecule has 1 unspecified atom stereocenters. The number of hydrogen-bond donors (Lipinski definition) is 3. The first kappa shape index (κ1) is 41.2. The Bertz CT molecular complexity index is 2690. The van der Waals surface area contributed by atoms with Crippen LogP contribution in [0.15, 0.2) is 67.0 Å². The number of likely N-dealkylation sites (tertiary alicyclic amines) is 1. The van der Waals surface area contributed by atoms with Crippen LogP contribution in [-0.4, -0.2) is 128 Å². The van der Waals surface area contributed by atoms with E-state index in [1.807, 2.05) is 35.0 Å². The Kier molecular flexibility index (Phi) is 10.8. The van der Waals surface area contributed by atoms with Crippen LogP contribution in [0, 0.1) is 5.82 Å². The SMILES string of the molecule is COc1ccc(F)cc1C(=O)NCc1ccc(-c2nn(C3CCN([C@H]4C[C@H](N5CCN(c6ccc7c(c6)C(=O)N(C6CCC(=O)NC6=O)C7=O)CC5)C4)CC3)c3ncnc(N)c23)cc1. The van der Waals surface area contributed by atoms with Gasteiger partial charge in [0.05, 0.1) is 35.2 Å². The van der Waals surface area contributed by atoms with Crippen LogP contribution in [0.25, 0.3) is 22.3 Å². The van der Waals surface area contributed by atoms with Gasteiger partial charge in [-0.25, -0.2) is 19.0 Å². The Morgan fingerprint density at radius 3 is 2.28 bits per heavy atom. The van der Waals surface area contributed by atoms with E-state index in [4.69, 9.17) is 15.6 Å². The number of nitrogens with zero attached hydrogens (tertiary/aromatic N) is 8. The fraction of sp³-hybridized carbons (Fsp3) is 0.391. The van der Waals surface area contributed by atoms with Crippen LogP contribution in [0.4, 0.5) is 15.9 Å². The largest absolute Gasteiger partial charge is 0.496 e. The number of nitrogen functional groups attached to an aromatic ring is 1. The first-order valence-corrected chi connectivity index (χ1v) is 21.8. The lowest BCUT2D eigenvalue weighted by Crippen LogP contribution is -2.59. The number of aromatic nitrogens is 4. The molecular weight excluding hydrogens is 822 g/mol. The number of ether oxygens (including phenoxy) is 1. The molecule has 64 heavy (non-hydrogen) atoms. The van der Waals surface area contributed by atoms with Gasteiger partial charge < -0.3 is 25.6 Å². The van der Waals surface area contributed by atoms with E-state index >= 15 is 0 Å². The number of piperazine rings is 1. The number of nitrogens with two attached hydrogens (primary N) is 1. The summed E-state index contributed by atoms with van der Waals surface area (Å²) in [6.45, 7) is 5.54. The van der Waals surface area contributed by atoms with Crippen LogP contribution in [-0.2, 0) is 16.1 Å². The number of methoxy groups -OCH3 is 1. The molecule has 1 aliphatic carbocycles. The van der Waals surface area contributed by atoms with Crippen molar-refractivity contribution in [3.05, 3.63) is 95.1 Å². The zero-order chi connectivity index (χ0) is 44.2. The Hall–Kier alpha value is -6.79. The molecule has 5 aliphatic rings. The molecule has 18 heteroatoms. The number of imide groups is 2. The summed E-state index contributed by atoms with van der Waals surface area (Å²) in [6, 6.07) is 17.1. The van der Waals surface area contributed by atoms with Gasteiger partial charge >= 0.3 is 0 Å². The second-order valence-corrected chi connectivity index (χ2v) is 17.2. The van der Waals surface area contributed by atoms with Crippen LogP contribution in [0.1, 0.15) is 81.2 Å². The van der Waals surface area contributed by atoms with E-state index < -0.39 is 41.4 Å². The Balaban J connectivity index is 0.720. The van der Waals surface area contributed by atoms with Crippen molar-refractivity contribution < 1.29 is 33.1 Å². The molecule has 4 N–H and O–H groups in total. The number of carbonyl (C=O) groups is 5. The minimum atomic E-state index is -0.981. The van der Waals surface area contributed by atoms with Gasteiger partial charge in [0.2, 0.25) is 11.8 Å². The summed E-state index contributed by atoms with van der Waals surface area (Å²) in [6.07, 6.45) is 5.79. The van der Waals surface area contributed by atoms with E-state index in [2.05, 4.69) is 35.3 Å². The van der Waals surface area contributed by atoms with Gasteiger partial charge in [0.15, 0.2) is 5.65 Å². The minimum Gasteiger partial charge on any atom is -0.496 e. The highest BCUT2D eigenvalue weighted by Gasteiger charge is 2.45. The highest BCUT2D eigenvalue weighted by atomic mass is 19.1. The first-order valence-electron chi connectivity index (χ1n) is 21.8. The number of benzene rings is 3. The van der Waals surface area contributed by atoms with Crippen molar-refractivity contribution in [2.24, 2.45) is 0 Å². The average Bonchev–Trinajstić information content (AvgIpc) is 3.80. The average molecular weight is 870 g/mol. The smallest absolute Gasteiger partial charge is 0.262 e. The molecule has 17 nitrogen and oxygen atoms in total. The standard InChI is InChI=1S/C46H48FN11O6/c1-64-37-10-6-28(47)20-35(37)43(60)49-24-26-2-4-27(5-3-26)40-39-41(48)50-25-51-42(39)58(53-40)29-12-14-54(15-13-29)31-21-32(22-31)56-18-16-55(17-19-56)30-7-8-33-34(23-30)46(63)57(45(33)62)36-9-11-38(59)52-44(36)61/h2-8,10,20,23,25,29,31-32,36H,9,11-19,21-22,24H2,1H3,(H,49,60)(H2,48,50,51)(H,52,59,61)/t31-,32-,36?. The number of halogens is 1. The number of anilines is 2. The lowest BCUT2D eigenvalue weighted by molar-refractivity contribution is -0.136. The van der Waals surface area contributed by atoms with Crippen LogP contribution in [0.2, 0.25) is 0 Å². The molecule has 1 atom stereocenters. The molecule has 3 saturated heterocycles. The van der Waals surface area contributed by atoms with Gasteiger partial charge in [0.1, 0.15) is 35.4 Å². The Morgan fingerprint density at radius 2 is 1.56 bits per heavy atom. The van der Waals surface area contributed by atoms with E-state index in [0.717, 1.165) is 92.7 Å². The monoisotopic (exact) mass is 869 g/mol. The van der Waals surface area contributed by atoms with E-state index in [9.17, 15) is 28.4 Å². The van der Waals surface area contributed by atoms with E-state index in [-0.39, 0.29) is 31.0 Å². The fourth-order valence-corrected chi connectivity index (χ4v) is 10.0. The van der Waals surface area contributed by atoms with E-state index in [0.29, 0.717) is 51.5 Å². The van der Waals surface area contributed by atoms with Gasteiger partial charge in [-0.05, 0) is 74.1 Å². The second kappa shape index (κ2) is 16.7. The molecular formula is C46H48FN11O6. The predicted octanol–water partition coefficient (Wildman–Crippen LogP) is 3.54. The molecule has 6 heterocycles. The molecule has 2 aromatic heterocycles. The molecule has 0 spiro atoms. The van der Waals surface area contributed by atoms with Gasteiger partial charge in [-0.2, -0.15) is 5.10 Å². The van der Waals surface area contributed by atoms with Crippen LogP contribution in [0.3, 0.4) is 0 Å². The summed E-state index contributed by atoms with van der Waals surface area (Å²) < 4.78 is 21.1. The molecule has 0 bridgehead atoms. The zero-order valence-electron chi connectivity index (χ0n) is 35.3. The number of amides is 5. The summed E-state index contributed by atoms with van der Waals surface area (Å²) in [5, 5.41) is 10.9. The van der Waals surface area contributed by atoms with Crippen molar-refractivity contribution in [2.75, 3.05) is 57.0 Å². The molecule has 3 aromatic carbocycles. The van der Waals surface area contributed by atoms with E-state index in [1.54, 1.807) is 12.1 Å². The molecule has 5 aromatic rings. The van der Waals surface area contributed by atoms with Crippen LogP contribution in [0.5, 0.6) is 5.75 Å². The molecule has 4 fully saturated rings. The summed E-state index contributed by atoms with van der Waals surface area (Å²) in [5.74, 6) is -2.29. The molecule has 5 amide bonds. The number of hydrogen-bond acceptors (Lipinski definition) is 13. The lowest BCUT2D eigenvalue weighted by atomic mass is 9.82. The number of piperidine rings is 2. The zero-order valence-corrected chi connectivity index (χ0v) is 35.3. The molecule has 0 radical (unpaired) electrons. The van der Waals surface area contributed by atoms with Gasteiger partial charge in [0.25, 0.3) is 17.7 Å². The number of nitrogens with one attached hydrogen (secondary N) is 2. The van der Waals surface area contributed by atoms with Crippen LogP contribution < -0.4 is 26.0 Å². The summed E-state index contributed by atoms with van der Waals surface area (Å²) in [4.78, 5) is 80.9. The topological polar surface area (TPSA) is 201 Å². The van der Waals surface area contributed by atoms with Crippen molar-refractivity contribution in [2.45, 2.75) is 69.2 Å². The quantitative estimate of drug-likeness (QED) is 0.172. The molecule has 1 saturated carbocycles. The third-order valence-corrected chi connectivity index (χ3v) is 13.7. The minimum absolute atomic E-state index is 0.0857. The first-order chi connectivity index (χ1) is 31.0. The third kappa shape index (κ3) is 7.49. The maximum atomic E-state index is 13.9. The molecule has 10 rings (SSSR count). The van der Waals surface area contributed by atoms with Crippen molar-refractivity contribution >= 4 is 52.1 Å². The lowest BCUT2D eigenvalue weighted by Gasteiger charge is -2.51. The van der Waals surface area contributed by atoms with Crippen molar-refractivity contribution in [1.82, 2.24) is 45.1 Å². The van der Waals surface area contributed by atoms with Crippen molar-refractivity contribution in [3.63, 3.8) is 0 Å². The summed E-state index contributed by atoms with van der Waals surface area (Å²) in [5.41, 5.74) is 11.2. The number of rotatable bonds is 10. The summed E-state index contributed by atoms with van der Waals surface area (Å²) in [7, 11) is 1.44. The normalized spacial score (nSPS) is 22.1. The molecule has 330 valence electrons. The fourth-order valence-electron chi connectivity index (χ4n) is 10.0. The maximum Gasteiger partial charge on any atom is 0.262 e. The predicted molar refractivity (Wildman–Crippen MR) is 233 cm³/mol. The maximum absolute atomic E-state index is 13.9. The Morgan fingerprint density at radius 1 is 0.844 bits per heavy atom. The van der Waals surface area contributed by atoms with Crippen molar-refractivity contribution in [3.8, 4) is 17.0 Å². The van der Waals surface area contributed by atoms with E-state index in [1.165, 1.54) is 25.6 Å². The van der Waals surface area contributed by atoms with Gasteiger partial charge in [0, 0.05) is 75.6 Å². The van der Waals surface area contributed by atoms with Gasteiger partial charge in [-0.1, -0.05) is 24.3 Å². The second-order valence-electron chi connectivity index (χ2n) is 17.2. The van der Waals surface area contributed by atoms with Crippen molar-refractivity contribution in [1.29, 1.82) is 0 Å². The highest BCUT2D eigenvalue weighted by Crippen LogP contribution is 2.38. The Labute approximate surface area is 367 Å². The summed E-state index contributed by atoms with van der Waals surface area (Å²) >= 11 is 0. The van der Waals surface area contributed by atoms with Gasteiger partial charge in [-0.15, -0.1) is 0 Å². The number of carbonyl (C=O) groups excluding carboxylic acids is 5. The molecule has 4 aliphatic heterocycles. The third-order valence-electron chi connectivity index (χ3n) is 13.7. The van der Waals surface area contributed by atoms with Crippen LogP contribution >= 0.6 is 0 Å². The number of fused-ring (bicyclic) bond motifs is 2.